The van der Waals surface area contributed by atoms with E-state index in [-0.39, 0.29) is 0 Å². The van der Waals surface area contributed by atoms with Crippen LogP contribution in [0, 0.1) is 6.92 Å². The summed E-state index contributed by atoms with van der Waals surface area (Å²) in [5.41, 5.74) is 2.90. The topological polar surface area (TPSA) is 38.9 Å². The zero-order valence-electron chi connectivity index (χ0n) is 9.25. The highest BCUT2D eigenvalue weighted by Gasteiger charge is 2.09. The third-order valence-electron chi connectivity index (χ3n) is 2.41. The number of hydrogen-bond donors (Lipinski definition) is 0. The minimum atomic E-state index is 0.663. The summed E-state index contributed by atoms with van der Waals surface area (Å²) in [7, 11) is 0. The second-order valence-electron chi connectivity index (χ2n) is 3.66. The lowest BCUT2D eigenvalue weighted by atomic mass is 10.2. The predicted octanol–water partition coefficient (Wildman–Crippen LogP) is 3.77. The van der Waals surface area contributed by atoms with Crippen molar-refractivity contribution < 1.29 is 4.42 Å². The van der Waals surface area contributed by atoms with Crippen LogP contribution in [-0.2, 0) is 0 Å². The SMILES string of the molecule is Cc1nc(-c2nc(-c3ccccc3)cs2)co1. The van der Waals surface area contributed by atoms with Crippen molar-refractivity contribution in [2.75, 3.05) is 0 Å². The molecule has 0 amide bonds. The molecule has 0 saturated heterocycles. The standard InChI is InChI=1S/C13H10N2OS/c1-9-14-11(7-16-9)13-15-12(8-17-13)10-5-3-2-4-6-10/h2-8H,1H3. The van der Waals surface area contributed by atoms with Crippen LogP contribution in [0.2, 0.25) is 0 Å². The van der Waals surface area contributed by atoms with Crippen LogP contribution in [0.4, 0.5) is 0 Å². The van der Waals surface area contributed by atoms with Crippen LogP contribution in [-0.4, -0.2) is 9.97 Å². The molecule has 0 fully saturated rings. The molecule has 0 aliphatic carbocycles. The molecule has 17 heavy (non-hydrogen) atoms. The third kappa shape index (κ3) is 1.99. The fourth-order valence-electron chi connectivity index (χ4n) is 1.59. The lowest BCUT2D eigenvalue weighted by Crippen LogP contribution is -1.79. The highest BCUT2D eigenvalue weighted by molar-refractivity contribution is 7.13. The number of aromatic nitrogens is 2. The molecule has 0 saturated carbocycles. The molecule has 0 aliphatic rings. The zero-order valence-corrected chi connectivity index (χ0v) is 10.1. The first-order valence-electron chi connectivity index (χ1n) is 5.26. The number of hydrogen-bond acceptors (Lipinski definition) is 4. The van der Waals surface area contributed by atoms with Crippen molar-refractivity contribution in [1.82, 2.24) is 9.97 Å². The Kier molecular flexibility index (Phi) is 2.49. The Bertz CT molecular complexity index is 628. The normalized spacial score (nSPS) is 10.6. The van der Waals surface area contributed by atoms with E-state index >= 15 is 0 Å². The van der Waals surface area contributed by atoms with Crippen LogP contribution >= 0.6 is 11.3 Å². The van der Waals surface area contributed by atoms with Crippen molar-refractivity contribution in [3.63, 3.8) is 0 Å². The summed E-state index contributed by atoms with van der Waals surface area (Å²) in [6, 6.07) is 10.1. The van der Waals surface area contributed by atoms with Crippen LogP contribution in [0.5, 0.6) is 0 Å². The monoisotopic (exact) mass is 242 g/mol. The molecule has 0 atom stereocenters. The summed E-state index contributed by atoms with van der Waals surface area (Å²) in [5.74, 6) is 0.663. The van der Waals surface area contributed by atoms with Gasteiger partial charge in [-0.05, 0) is 0 Å². The maximum atomic E-state index is 5.19. The largest absolute Gasteiger partial charge is 0.449 e. The van der Waals surface area contributed by atoms with Crippen molar-refractivity contribution in [1.29, 1.82) is 0 Å². The Morgan fingerprint density at radius 1 is 1.06 bits per heavy atom. The van der Waals surface area contributed by atoms with Crippen LogP contribution in [0.3, 0.4) is 0 Å². The van der Waals surface area contributed by atoms with E-state index in [4.69, 9.17) is 4.42 Å². The Hall–Kier alpha value is -1.94. The van der Waals surface area contributed by atoms with Crippen molar-refractivity contribution in [3.05, 3.63) is 47.9 Å². The van der Waals surface area contributed by atoms with Crippen LogP contribution in [0.25, 0.3) is 22.0 Å². The van der Waals surface area contributed by atoms with Crippen LogP contribution in [0.15, 0.2) is 46.4 Å². The van der Waals surface area contributed by atoms with Gasteiger partial charge in [0, 0.05) is 17.9 Å². The number of rotatable bonds is 2. The van der Waals surface area contributed by atoms with Crippen molar-refractivity contribution in [2.45, 2.75) is 6.92 Å². The molecule has 3 rings (SSSR count). The molecule has 2 aromatic heterocycles. The molecule has 0 radical (unpaired) electrons. The summed E-state index contributed by atoms with van der Waals surface area (Å²) in [6.07, 6.45) is 1.64. The van der Waals surface area contributed by atoms with Crippen LogP contribution < -0.4 is 0 Å². The van der Waals surface area contributed by atoms with Crippen molar-refractivity contribution >= 4 is 11.3 Å². The fourth-order valence-corrected chi connectivity index (χ4v) is 2.37. The number of aryl methyl sites for hydroxylation is 1. The van der Waals surface area contributed by atoms with Gasteiger partial charge in [-0.1, -0.05) is 30.3 Å². The predicted molar refractivity (Wildman–Crippen MR) is 67.8 cm³/mol. The third-order valence-corrected chi connectivity index (χ3v) is 3.28. The molecule has 0 spiro atoms. The average Bonchev–Trinajstić information content (AvgIpc) is 2.98. The van der Waals surface area contributed by atoms with Gasteiger partial charge in [-0.2, -0.15) is 0 Å². The molecular formula is C13H10N2OS. The molecule has 0 bridgehead atoms. The number of benzene rings is 1. The first-order valence-corrected chi connectivity index (χ1v) is 6.14. The Morgan fingerprint density at radius 3 is 2.59 bits per heavy atom. The summed E-state index contributed by atoms with van der Waals surface area (Å²) < 4.78 is 5.19. The van der Waals surface area contributed by atoms with Gasteiger partial charge in [-0.25, -0.2) is 9.97 Å². The molecular weight excluding hydrogens is 232 g/mol. The van der Waals surface area contributed by atoms with Gasteiger partial charge in [0.15, 0.2) is 5.89 Å². The van der Waals surface area contributed by atoms with Crippen molar-refractivity contribution in [3.8, 4) is 22.0 Å². The maximum absolute atomic E-state index is 5.19. The highest BCUT2D eigenvalue weighted by atomic mass is 32.1. The molecule has 84 valence electrons. The molecule has 0 unspecified atom stereocenters. The Balaban J connectivity index is 1.99. The van der Waals surface area contributed by atoms with Gasteiger partial charge in [0.2, 0.25) is 0 Å². The smallest absolute Gasteiger partial charge is 0.191 e. The van der Waals surface area contributed by atoms with E-state index in [0.29, 0.717) is 5.89 Å². The van der Waals surface area contributed by atoms with Gasteiger partial charge in [0.1, 0.15) is 17.0 Å². The van der Waals surface area contributed by atoms with E-state index in [1.165, 1.54) is 0 Å². The molecule has 3 nitrogen and oxygen atoms in total. The van der Waals surface area contributed by atoms with Gasteiger partial charge in [0.05, 0.1) is 5.69 Å². The van der Waals surface area contributed by atoms with Crippen LogP contribution in [0.1, 0.15) is 5.89 Å². The summed E-state index contributed by atoms with van der Waals surface area (Å²) in [4.78, 5) is 8.83. The molecule has 0 aliphatic heterocycles. The lowest BCUT2D eigenvalue weighted by Gasteiger charge is -1.93. The number of thiazole rings is 1. The van der Waals surface area contributed by atoms with E-state index in [9.17, 15) is 0 Å². The van der Waals surface area contributed by atoms with Gasteiger partial charge >= 0.3 is 0 Å². The maximum Gasteiger partial charge on any atom is 0.191 e. The number of nitrogens with zero attached hydrogens (tertiary/aromatic N) is 2. The van der Waals surface area contributed by atoms with Gasteiger partial charge < -0.3 is 4.42 Å². The van der Waals surface area contributed by atoms with Crippen molar-refractivity contribution in [2.24, 2.45) is 0 Å². The average molecular weight is 242 g/mol. The lowest BCUT2D eigenvalue weighted by molar-refractivity contribution is 0.521. The van der Waals surface area contributed by atoms with E-state index in [1.54, 1.807) is 17.6 Å². The fraction of sp³-hybridized carbons (Fsp3) is 0.0769. The van der Waals surface area contributed by atoms with E-state index < -0.39 is 0 Å². The summed E-state index contributed by atoms with van der Waals surface area (Å²) in [5, 5.41) is 2.93. The van der Waals surface area contributed by atoms with Gasteiger partial charge in [-0.3, -0.25) is 0 Å². The quantitative estimate of drug-likeness (QED) is 0.686. The minimum Gasteiger partial charge on any atom is -0.449 e. The summed E-state index contributed by atoms with van der Waals surface area (Å²) >= 11 is 1.58. The first kappa shape index (κ1) is 10.2. The molecule has 1 aromatic carbocycles. The molecule has 0 N–H and O–H groups in total. The number of oxazole rings is 1. The second kappa shape index (κ2) is 4.14. The van der Waals surface area contributed by atoms with Gasteiger partial charge in [-0.15, -0.1) is 11.3 Å². The zero-order chi connectivity index (χ0) is 11.7. The minimum absolute atomic E-state index is 0.663. The molecule has 2 heterocycles. The van der Waals surface area contributed by atoms with Gasteiger partial charge in [0.25, 0.3) is 0 Å². The summed E-state index contributed by atoms with van der Waals surface area (Å²) in [6.45, 7) is 1.83. The highest BCUT2D eigenvalue weighted by Crippen LogP contribution is 2.28. The Morgan fingerprint density at radius 2 is 1.88 bits per heavy atom. The van der Waals surface area contributed by atoms with E-state index in [0.717, 1.165) is 22.0 Å². The molecule has 3 aromatic rings. The first-order chi connectivity index (χ1) is 8.33. The second-order valence-corrected chi connectivity index (χ2v) is 4.51. The van der Waals surface area contributed by atoms with E-state index in [1.807, 2.05) is 42.6 Å². The van der Waals surface area contributed by atoms with E-state index in [2.05, 4.69) is 9.97 Å². The Labute approximate surface area is 103 Å². The molecule has 4 heteroatoms.